The quantitative estimate of drug-likeness (QED) is 0.201. The van der Waals surface area contributed by atoms with E-state index in [2.05, 4.69) is 6.07 Å². The first-order valence-electron chi connectivity index (χ1n) is 15.2. The molecule has 6 heteroatoms. The molecule has 6 aromatic heterocycles. The van der Waals surface area contributed by atoms with Crippen LogP contribution in [0.4, 0.5) is 0 Å². The van der Waals surface area contributed by atoms with Crippen LogP contribution < -0.4 is 11.1 Å². The summed E-state index contributed by atoms with van der Waals surface area (Å²) in [7, 11) is 0. The topological polar surface area (TPSA) is 69.2 Å². The van der Waals surface area contributed by atoms with Gasteiger partial charge in [0.05, 0.1) is 27.2 Å². The van der Waals surface area contributed by atoms with E-state index in [1.54, 1.807) is 15.1 Å². The van der Waals surface area contributed by atoms with Crippen molar-refractivity contribution in [3.8, 4) is 22.5 Å². The zero-order chi connectivity index (χ0) is 30.3. The standard InChI is InChI=1S/C40H20N2O4/c43-39-27-12-2-1-11-25(27)38-35-33(28-13-4-6-15-32(28)42(35)39)36(46-38)23-9-7-8-21(18-23)22-16-17-26-29(19-22)40(44)41-31-14-5-3-10-24(31)30-20-45-37(26)34(30)41/h1-20H. The lowest BCUT2D eigenvalue weighted by Gasteiger charge is -2.08. The first-order valence-corrected chi connectivity index (χ1v) is 15.2. The predicted octanol–water partition coefficient (Wildman–Crippen LogP) is 9.23. The number of para-hydroxylation sites is 2. The van der Waals surface area contributed by atoms with Crippen LogP contribution in [0, 0.1) is 0 Å². The van der Waals surface area contributed by atoms with Crippen molar-refractivity contribution < 1.29 is 8.83 Å². The molecule has 0 atom stereocenters. The summed E-state index contributed by atoms with van der Waals surface area (Å²) in [6.07, 6.45) is 1.75. The Morgan fingerprint density at radius 2 is 1.09 bits per heavy atom. The Morgan fingerprint density at radius 1 is 0.457 bits per heavy atom. The van der Waals surface area contributed by atoms with Crippen LogP contribution in [0.1, 0.15) is 0 Å². The molecular formula is C40H20N2O4. The summed E-state index contributed by atoms with van der Waals surface area (Å²) in [5.41, 5.74) is 7.38. The molecule has 11 rings (SSSR count). The molecular weight excluding hydrogens is 572 g/mol. The first-order chi connectivity index (χ1) is 22.7. The number of fused-ring (bicyclic) bond motifs is 10. The molecule has 11 aromatic rings. The number of hydrogen-bond donors (Lipinski definition) is 0. The molecule has 0 radical (unpaired) electrons. The number of benzene rings is 5. The molecule has 6 nitrogen and oxygen atoms in total. The summed E-state index contributed by atoms with van der Waals surface area (Å²) in [6, 6.07) is 37.7. The van der Waals surface area contributed by atoms with Crippen molar-refractivity contribution in [1.82, 2.24) is 8.80 Å². The number of aromatic nitrogens is 2. The molecule has 0 unspecified atom stereocenters. The minimum atomic E-state index is -0.0694. The monoisotopic (exact) mass is 592 g/mol. The zero-order valence-electron chi connectivity index (χ0n) is 24.1. The van der Waals surface area contributed by atoms with Gasteiger partial charge in [-0.2, -0.15) is 0 Å². The second kappa shape index (κ2) is 8.20. The lowest BCUT2D eigenvalue weighted by molar-refractivity contribution is 0.622. The summed E-state index contributed by atoms with van der Waals surface area (Å²) in [6.45, 7) is 0. The Balaban J connectivity index is 1.17. The van der Waals surface area contributed by atoms with E-state index in [1.807, 2.05) is 109 Å². The zero-order valence-corrected chi connectivity index (χ0v) is 24.1. The molecule has 0 spiro atoms. The van der Waals surface area contributed by atoms with E-state index in [0.717, 1.165) is 71.1 Å². The van der Waals surface area contributed by atoms with Crippen LogP contribution in [0.2, 0.25) is 0 Å². The lowest BCUT2D eigenvalue weighted by Crippen LogP contribution is -2.12. The van der Waals surface area contributed by atoms with Gasteiger partial charge in [0.25, 0.3) is 11.1 Å². The number of rotatable bonds is 2. The number of furan rings is 2. The van der Waals surface area contributed by atoms with Crippen LogP contribution in [0.25, 0.3) is 98.8 Å². The van der Waals surface area contributed by atoms with E-state index in [-0.39, 0.29) is 11.1 Å². The highest BCUT2D eigenvalue weighted by Crippen LogP contribution is 2.44. The van der Waals surface area contributed by atoms with Crippen LogP contribution in [0.3, 0.4) is 0 Å². The molecule has 0 aliphatic carbocycles. The largest absolute Gasteiger partial charge is 0.461 e. The molecule has 0 aliphatic heterocycles. The fraction of sp³-hybridized carbons (Fsp3) is 0. The van der Waals surface area contributed by atoms with Gasteiger partial charge in [-0.15, -0.1) is 0 Å². The number of pyridine rings is 2. The maximum absolute atomic E-state index is 14.1. The highest BCUT2D eigenvalue weighted by atomic mass is 16.3. The molecule has 0 saturated carbocycles. The van der Waals surface area contributed by atoms with Crippen molar-refractivity contribution in [3.63, 3.8) is 0 Å². The van der Waals surface area contributed by atoms with E-state index in [1.165, 1.54) is 0 Å². The van der Waals surface area contributed by atoms with Crippen LogP contribution in [-0.4, -0.2) is 8.80 Å². The van der Waals surface area contributed by atoms with Gasteiger partial charge < -0.3 is 8.83 Å². The Labute approximate surface area is 258 Å². The van der Waals surface area contributed by atoms with Crippen LogP contribution in [0.15, 0.2) is 140 Å². The average molecular weight is 593 g/mol. The van der Waals surface area contributed by atoms with Crippen LogP contribution in [-0.2, 0) is 0 Å². The molecule has 0 saturated heterocycles. The number of hydrogen-bond acceptors (Lipinski definition) is 4. The Hall–Kier alpha value is -6.40. The maximum Gasteiger partial charge on any atom is 0.263 e. The third-order valence-electron chi connectivity index (χ3n) is 9.71. The van der Waals surface area contributed by atoms with Crippen molar-refractivity contribution in [3.05, 3.63) is 142 Å². The normalized spacial score (nSPS) is 12.5. The van der Waals surface area contributed by atoms with Gasteiger partial charge in [-0.05, 0) is 47.5 Å². The summed E-state index contributed by atoms with van der Waals surface area (Å²) in [5.74, 6) is 0.710. The highest BCUT2D eigenvalue weighted by Gasteiger charge is 2.25. The molecule has 0 amide bonds. The predicted molar refractivity (Wildman–Crippen MR) is 184 cm³/mol. The van der Waals surface area contributed by atoms with E-state index >= 15 is 0 Å². The lowest BCUT2D eigenvalue weighted by atomic mass is 9.98. The Bertz CT molecular complexity index is 3190. The minimum absolute atomic E-state index is 0.0541. The van der Waals surface area contributed by atoms with E-state index in [9.17, 15) is 9.59 Å². The molecule has 0 aliphatic rings. The molecule has 6 heterocycles. The van der Waals surface area contributed by atoms with Gasteiger partial charge in [0.1, 0.15) is 23.1 Å². The number of nitrogens with zero attached hydrogens (tertiary/aromatic N) is 2. The highest BCUT2D eigenvalue weighted by molar-refractivity contribution is 6.23. The fourth-order valence-corrected chi connectivity index (χ4v) is 7.71. The average Bonchev–Trinajstić information content (AvgIpc) is 3.87. The van der Waals surface area contributed by atoms with Crippen molar-refractivity contribution in [1.29, 1.82) is 0 Å². The van der Waals surface area contributed by atoms with Gasteiger partial charge in [-0.25, -0.2) is 0 Å². The summed E-state index contributed by atoms with van der Waals surface area (Å²) < 4.78 is 16.3. The van der Waals surface area contributed by atoms with Gasteiger partial charge in [-0.1, -0.05) is 78.9 Å². The van der Waals surface area contributed by atoms with Gasteiger partial charge in [-0.3, -0.25) is 18.4 Å². The summed E-state index contributed by atoms with van der Waals surface area (Å²) >= 11 is 0. The molecule has 214 valence electrons. The van der Waals surface area contributed by atoms with Gasteiger partial charge in [0.15, 0.2) is 11.2 Å². The molecule has 0 bridgehead atoms. The van der Waals surface area contributed by atoms with Crippen molar-refractivity contribution in [2.45, 2.75) is 0 Å². The smallest absolute Gasteiger partial charge is 0.263 e. The third-order valence-corrected chi connectivity index (χ3v) is 9.71. The molecule has 0 N–H and O–H groups in total. The van der Waals surface area contributed by atoms with Crippen molar-refractivity contribution in [2.75, 3.05) is 0 Å². The van der Waals surface area contributed by atoms with E-state index in [0.29, 0.717) is 27.7 Å². The molecule has 46 heavy (non-hydrogen) atoms. The summed E-state index contributed by atoms with van der Waals surface area (Å²) in [5, 5.41) is 6.64. The maximum atomic E-state index is 14.1. The fourth-order valence-electron chi connectivity index (χ4n) is 7.71. The minimum Gasteiger partial charge on any atom is -0.461 e. The van der Waals surface area contributed by atoms with Gasteiger partial charge >= 0.3 is 0 Å². The third kappa shape index (κ3) is 2.78. The second-order valence-corrected chi connectivity index (χ2v) is 12.0. The van der Waals surface area contributed by atoms with Gasteiger partial charge in [0.2, 0.25) is 0 Å². The molecule has 0 fully saturated rings. The Kier molecular flexibility index (Phi) is 4.27. The summed E-state index contributed by atoms with van der Waals surface area (Å²) in [4.78, 5) is 27.8. The van der Waals surface area contributed by atoms with Crippen molar-refractivity contribution in [2.24, 2.45) is 0 Å². The first kappa shape index (κ1) is 24.0. The molecule has 5 aromatic carbocycles. The van der Waals surface area contributed by atoms with E-state index < -0.39 is 0 Å². The SMILES string of the molecule is O=c1c2cc(-c3cccc(-c4oc5c6ccccc6c(=O)n6c7ccccc7c4c56)c3)ccc2c2occ3c4ccccc4n1c32. The van der Waals surface area contributed by atoms with Crippen LogP contribution >= 0.6 is 0 Å². The van der Waals surface area contributed by atoms with Crippen molar-refractivity contribution >= 4 is 76.3 Å². The second-order valence-electron chi connectivity index (χ2n) is 12.0. The van der Waals surface area contributed by atoms with E-state index in [4.69, 9.17) is 8.83 Å². The Morgan fingerprint density at radius 3 is 1.93 bits per heavy atom. The van der Waals surface area contributed by atoms with Crippen LogP contribution in [0.5, 0.6) is 0 Å². The van der Waals surface area contributed by atoms with Gasteiger partial charge in [0, 0.05) is 32.5 Å².